The van der Waals surface area contributed by atoms with Crippen molar-refractivity contribution in [1.29, 1.82) is 0 Å². The Labute approximate surface area is 197 Å². The number of nitrogens with one attached hydrogen (secondary N) is 1. The minimum Gasteiger partial charge on any atom is -0.310 e. The van der Waals surface area contributed by atoms with Gasteiger partial charge in [-0.2, -0.15) is 13.2 Å². The summed E-state index contributed by atoms with van der Waals surface area (Å²) in [4.78, 5) is 17.4. The quantitative estimate of drug-likeness (QED) is 0.435. The van der Waals surface area contributed by atoms with Crippen LogP contribution in [0.2, 0.25) is 0 Å². The minimum atomic E-state index is -4.66. The first kappa shape index (κ1) is 23.5. The fourth-order valence-corrected chi connectivity index (χ4v) is 4.64. The number of aromatic nitrogens is 1. The maximum Gasteiger partial charge on any atom is 0.416 e. The van der Waals surface area contributed by atoms with Gasteiger partial charge in [0, 0.05) is 16.2 Å². The van der Waals surface area contributed by atoms with Gasteiger partial charge in [-0.1, -0.05) is 37.8 Å². The molecule has 0 saturated heterocycles. The summed E-state index contributed by atoms with van der Waals surface area (Å²) >= 11 is 3.29. The van der Waals surface area contributed by atoms with Gasteiger partial charge in [0.1, 0.15) is 5.82 Å². The highest BCUT2D eigenvalue weighted by Gasteiger charge is 2.42. The third-order valence-electron chi connectivity index (χ3n) is 6.12. The molecule has 11 heteroatoms. The Morgan fingerprint density at radius 1 is 1.18 bits per heavy atom. The number of rotatable bonds is 6. The Morgan fingerprint density at radius 3 is 2.48 bits per heavy atom. The van der Waals surface area contributed by atoms with Gasteiger partial charge in [-0.3, -0.25) is 4.79 Å². The first-order valence-corrected chi connectivity index (χ1v) is 11.4. The highest BCUT2D eigenvalue weighted by atomic mass is 79.9. The molecule has 33 heavy (non-hydrogen) atoms. The van der Waals surface area contributed by atoms with Crippen molar-refractivity contribution >= 4 is 27.7 Å². The van der Waals surface area contributed by atoms with E-state index in [1.807, 2.05) is 0 Å². The van der Waals surface area contributed by atoms with E-state index in [1.165, 1.54) is 13.0 Å². The number of hydrogen-bond donors (Lipinski definition) is 1. The average Bonchev–Trinajstić information content (AvgIpc) is 3.45. The van der Waals surface area contributed by atoms with Gasteiger partial charge in [0.15, 0.2) is 0 Å². The van der Waals surface area contributed by atoms with E-state index in [-0.39, 0.29) is 17.4 Å². The van der Waals surface area contributed by atoms with E-state index in [0.717, 1.165) is 36.2 Å². The molecule has 1 atom stereocenters. The summed E-state index contributed by atoms with van der Waals surface area (Å²) in [6.07, 6.45) is 1.40. The van der Waals surface area contributed by atoms with E-state index in [2.05, 4.69) is 46.9 Å². The predicted octanol–water partition coefficient (Wildman–Crippen LogP) is 7.17. The zero-order valence-electron chi connectivity index (χ0n) is 17.8. The van der Waals surface area contributed by atoms with Gasteiger partial charge in [0.25, 0.3) is 0 Å². The van der Waals surface area contributed by atoms with Crippen LogP contribution in [0, 0.1) is 5.92 Å². The largest absolute Gasteiger partial charge is 0.416 e. The SMILES string of the molecule is CC1(c2ccc(C(CC3CCCC3)C(=O)Nc3ccc(Br)cn3)cc2C(F)(F)F)N=NN=N1. The molecule has 2 heterocycles. The summed E-state index contributed by atoms with van der Waals surface area (Å²) < 4.78 is 42.9. The van der Waals surface area contributed by atoms with Crippen molar-refractivity contribution in [2.75, 3.05) is 5.32 Å². The molecule has 1 aliphatic carbocycles. The van der Waals surface area contributed by atoms with E-state index >= 15 is 0 Å². The van der Waals surface area contributed by atoms with Crippen molar-refractivity contribution in [1.82, 2.24) is 4.98 Å². The molecule has 1 N–H and O–H groups in total. The number of anilines is 1. The third-order valence-corrected chi connectivity index (χ3v) is 6.59. The molecule has 1 fully saturated rings. The van der Waals surface area contributed by atoms with Crippen molar-refractivity contribution in [2.45, 2.75) is 56.8 Å². The summed E-state index contributed by atoms with van der Waals surface area (Å²) in [5.74, 6) is -0.522. The number of pyridine rings is 1. The van der Waals surface area contributed by atoms with Gasteiger partial charge >= 0.3 is 6.18 Å². The lowest BCUT2D eigenvalue weighted by Gasteiger charge is -2.24. The molecule has 1 amide bonds. The molecule has 1 aliphatic heterocycles. The zero-order valence-corrected chi connectivity index (χ0v) is 19.4. The Morgan fingerprint density at radius 2 is 1.88 bits per heavy atom. The lowest BCUT2D eigenvalue weighted by Crippen LogP contribution is -2.25. The summed E-state index contributed by atoms with van der Waals surface area (Å²) in [7, 11) is 0. The molecule has 1 aromatic carbocycles. The lowest BCUT2D eigenvalue weighted by molar-refractivity contribution is -0.139. The second-order valence-electron chi connectivity index (χ2n) is 8.49. The maximum atomic E-state index is 14.0. The van der Waals surface area contributed by atoms with Crippen molar-refractivity contribution in [3.63, 3.8) is 0 Å². The molecule has 2 aliphatic rings. The van der Waals surface area contributed by atoms with Crippen LogP contribution in [0.5, 0.6) is 0 Å². The number of hydrogen-bond acceptors (Lipinski definition) is 6. The van der Waals surface area contributed by atoms with Crippen molar-refractivity contribution < 1.29 is 18.0 Å². The Balaban J connectivity index is 1.71. The fraction of sp³-hybridized carbons (Fsp3) is 0.455. The predicted molar refractivity (Wildman–Crippen MR) is 118 cm³/mol. The zero-order chi connectivity index (χ0) is 23.6. The first-order chi connectivity index (χ1) is 15.7. The summed E-state index contributed by atoms with van der Waals surface area (Å²) in [5, 5.41) is 17.1. The van der Waals surface area contributed by atoms with E-state index in [0.29, 0.717) is 17.8 Å². The minimum absolute atomic E-state index is 0.154. The van der Waals surface area contributed by atoms with Crippen LogP contribution in [0.25, 0.3) is 0 Å². The lowest BCUT2D eigenvalue weighted by atomic mass is 9.84. The van der Waals surface area contributed by atoms with Crippen LogP contribution in [0.1, 0.15) is 61.6 Å². The number of amides is 1. The topological polar surface area (TPSA) is 91.4 Å². The molecular formula is C22H22BrF3N6O. The molecule has 0 bridgehead atoms. The molecule has 4 rings (SSSR count). The number of alkyl halides is 3. The molecular weight excluding hydrogens is 501 g/mol. The average molecular weight is 523 g/mol. The summed E-state index contributed by atoms with van der Waals surface area (Å²) in [5.41, 5.74) is -2.30. The molecule has 2 aromatic rings. The van der Waals surface area contributed by atoms with Crippen LogP contribution in [-0.2, 0) is 16.6 Å². The Kier molecular flexibility index (Phi) is 6.60. The highest BCUT2D eigenvalue weighted by molar-refractivity contribution is 9.10. The number of carbonyl (C=O) groups is 1. The maximum absolute atomic E-state index is 14.0. The number of halogens is 4. The Hall–Kier alpha value is -2.69. The van der Waals surface area contributed by atoms with Gasteiger partial charge in [0.2, 0.25) is 11.6 Å². The first-order valence-electron chi connectivity index (χ1n) is 10.6. The molecule has 7 nitrogen and oxygen atoms in total. The molecule has 174 valence electrons. The van der Waals surface area contributed by atoms with Crippen LogP contribution in [0.4, 0.5) is 19.0 Å². The van der Waals surface area contributed by atoms with E-state index in [9.17, 15) is 18.0 Å². The van der Waals surface area contributed by atoms with Crippen molar-refractivity contribution in [3.8, 4) is 0 Å². The van der Waals surface area contributed by atoms with Gasteiger partial charge < -0.3 is 5.32 Å². The normalized spacial score (nSPS) is 18.6. The number of carbonyl (C=O) groups excluding carboxylic acids is 1. The molecule has 1 unspecified atom stereocenters. The van der Waals surface area contributed by atoms with Crippen LogP contribution in [-0.4, -0.2) is 10.9 Å². The second kappa shape index (κ2) is 9.28. The Bertz CT molecular complexity index is 1070. The van der Waals surface area contributed by atoms with Crippen molar-refractivity contribution in [3.05, 3.63) is 57.7 Å². The summed E-state index contributed by atoms with van der Waals surface area (Å²) in [6, 6.07) is 7.28. The van der Waals surface area contributed by atoms with Gasteiger partial charge in [-0.15, -0.1) is 10.2 Å². The highest BCUT2D eigenvalue weighted by Crippen LogP contribution is 2.43. The smallest absolute Gasteiger partial charge is 0.310 e. The van der Waals surface area contributed by atoms with E-state index < -0.39 is 23.3 Å². The van der Waals surface area contributed by atoms with Gasteiger partial charge in [-0.05, 0) is 69.4 Å². The van der Waals surface area contributed by atoms with E-state index in [1.54, 1.807) is 24.4 Å². The monoisotopic (exact) mass is 522 g/mol. The standard InChI is InChI=1S/C22H22BrF3N6O/c1-21(29-31-32-30-21)17-8-6-14(11-18(17)22(24,25)26)16(10-13-4-2-3-5-13)20(33)28-19-9-7-15(23)12-27-19/h6-9,11-13,16H,2-5,10H2,1H3,(H,27,28,33). The number of benzene rings is 1. The molecule has 0 spiro atoms. The molecule has 1 aromatic heterocycles. The summed E-state index contributed by atoms with van der Waals surface area (Å²) in [6.45, 7) is 1.42. The van der Waals surface area contributed by atoms with Crippen molar-refractivity contribution in [2.24, 2.45) is 26.6 Å². The van der Waals surface area contributed by atoms with Gasteiger partial charge in [0.05, 0.1) is 11.5 Å². The van der Waals surface area contributed by atoms with Crippen LogP contribution < -0.4 is 5.32 Å². The molecule has 0 radical (unpaired) electrons. The van der Waals surface area contributed by atoms with E-state index in [4.69, 9.17) is 0 Å². The second-order valence-corrected chi connectivity index (χ2v) is 9.41. The van der Waals surface area contributed by atoms with Crippen LogP contribution in [0.3, 0.4) is 0 Å². The van der Waals surface area contributed by atoms with Crippen LogP contribution >= 0.6 is 15.9 Å². The number of nitrogens with zero attached hydrogens (tertiary/aromatic N) is 5. The van der Waals surface area contributed by atoms with Crippen LogP contribution in [0.15, 0.2) is 61.7 Å². The molecule has 1 saturated carbocycles. The fourth-order valence-electron chi connectivity index (χ4n) is 4.41. The third kappa shape index (κ3) is 5.29. The van der Waals surface area contributed by atoms with Gasteiger partial charge in [-0.25, -0.2) is 4.98 Å².